The van der Waals surface area contributed by atoms with Crippen LogP contribution >= 0.6 is 15.9 Å². The van der Waals surface area contributed by atoms with Gasteiger partial charge < -0.3 is 14.6 Å². The molecule has 0 unspecified atom stereocenters. The quantitative estimate of drug-likeness (QED) is 0.917. The first kappa shape index (κ1) is 14.2. The van der Waals surface area contributed by atoms with Crippen LogP contribution in [0.4, 0.5) is 0 Å². The second-order valence-corrected chi connectivity index (χ2v) is 6.26. The maximum Gasteiger partial charge on any atom is 0.175 e. The molecule has 4 nitrogen and oxygen atoms in total. The zero-order valence-corrected chi connectivity index (χ0v) is 13.1. The second-order valence-electron chi connectivity index (χ2n) is 5.40. The molecule has 3 rings (SSSR count). The molecule has 0 bridgehead atoms. The van der Waals surface area contributed by atoms with Gasteiger partial charge in [-0.1, -0.05) is 0 Å². The Hall–Kier alpha value is -0.780. The highest BCUT2D eigenvalue weighted by atomic mass is 79.9. The molecule has 0 radical (unpaired) electrons. The Morgan fingerprint density at radius 2 is 2.10 bits per heavy atom. The summed E-state index contributed by atoms with van der Waals surface area (Å²) >= 11 is 3.58. The minimum absolute atomic E-state index is 0.242. The van der Waals surface area contributed by atoms with E-state index in [4.69, 9.17) is 9.47 Å². The maximum absolute atomic E-state index is 9.40. The standard InChI is InChI=1S/C15H20BrNO3/c16-13-7-11(9-17-4-1-3-12(17)10-18)8-14-15(13)20-6-2-5-19-14/h7-8,12,18H,1-6,9-10H2/t12-/m0/s1. The third kappa shape index (κ3) is 2.95. The van der Waals surface area contributed by atoms with Crippen LogP contribution in [0.25, 0.3) is 0 Å². The summed E-state index contributed by atoms with van der Waals surface area (Å²) < 4.78 is 12.4. The third-order valence-electron chi connectivity index (χ3n) is 3.96. The van der Waals surface area contributed by atoms with Gasteiger partial charge in [0.2, 0.25) is 0 Å². The van der Waals surface area contributed by atoms with E-state index in [1.165, 1.54) is 5.56 Å². The van der Waals surface area contributed by atoms with E-state index in [2.05, 4.69) is 33.0 Å². The van der Waals surface area contributed by atoms with Gasteiger partial charge >= 0.3 is 0 Å². The molecule has 0 amide bonds. The second kappa shape index (κ2) is 6.33. The summed E-state index contributed by atoms with van der Waals surface area (Å²) in [5.74, 6) is 1.64. The van der Waals surface area contributed by atoms with E-state index in [9.17, 15) is 5.11 Å². The van der Waals surface area contributed by atoms with Crippen LogP contribution in [-0.2, 0) is 6.54 Å². The minimum atomic E-state index is 0.242. The summed E-state index contributed by atoms with van der Waals surface area (Å²) in [6.45, 7) is 3.54. The Labute approximate surface area is 127 Å². The molecule has 2 heterocycles. The van der Waals surface area contributed by atoms with E-state index >= 15 is 0 Å². The summed E-state index contributed by atoms with van der Waals surface area (Å²) in [6.07, 6.45) is 3.16. The average molecular weight is 342 g/mol. The summed E-state index contributed by atoms with van der Waals surface area (Å²) in [4.78, 5) is 2.34. The van der Waals surface area contributed by atoms with Crippen molar-refractivity contribution in [2.24, 2.45) is 0 Å². The number of aliphatic hydroxyl groups excluding tert-OH is 1. The lowest BCUT2D eigenvalue weighted by molar-refractivity contribution is 0.153. The normalized spacial score (nSPS) is 22.8. The molecular weight excluding hydrogens is 322 g/mol. The number of benzene rings is 1. The van der Waals surface area contributed by atoms with Crippen LogP contribution in [-0.4, -0.2) is 42.4 Å². The Morgan fingerprint density at radius 3 is 2.95 bits per heavy atom. The lowest BCUT2D eigenvalue weighted by Gasteiger charge is -2.23. The molecule has 2 aliphatic heterocycles. The van der Waals surface area contributed by atoms with E-state index < -0.39 is 0 Å². The number of rotatable bonds is 3. The fourth-order valence-electron chi connectivity index (χ4n) is 2.92. The van der Waals surface area contributed by atoms with Gasteiger partial charge in [0, 0.05) is 19.0 Å². The van der Waals surface area contributed by atoms with Gasteiger partial charge in [-0.05, 0) is 53.0 Å². The number of likely N-dealkylation sites (tertiary alicyclic amines) is 1. The number of hydrogen-bond donors (Lipinski definition) is 1. The van der Waals surface area contributed by atoms with E-state index in [0.717, 1.165) is 48.3 Å². The van der Waals surface area contributed by atoms with Crippen LogP contribution in [0, 0.1) is 0 Å². The lowest BCUT2D eigenvalue weighted by atomic mass is 10.1. The van der Waals surface area contributed by atoms with E-state index in [0.29, 0.717) is 19.3 Å². The number of hydrogen-bond acceptors (Lipinski definition) is 4. The molecule has 20 heavy (non-hydrogen) atoms. The molecule has 0 aliphatic carbocycles. The average Bonchev–Trinajstić information content (AvgIpc) is 2.74. The minimum Gasteiger partial charge on any atom is -0.490 e. The molecule has 1 aromatic rings. The van der Waals surface area contributed by atoms with Crippen LogP contribution in [0.2, 0.25) is 0 Å². The smallest absolute Gasteiger partial charge is 0.175 e. The highest BCUT2D eigenvalue weighted by Gasteiger charge is 2.24. The molecule has 110 valence electrons. The predicted molar refractivity (Wildman–Crippen MR) is 80.3 cm³/mol. The van der Waals surface area contributed by atoms with Gasteiger partial charge in [0.1, 0.15) is 0 Å². The monoisotopic (exact) mass is 341 g/mol. The van der Waals surface area contributed by atoms with Crippen molar-refractivity contribution in [1.29, 1.82) is 0 Å². The van der Waals surface area contributed by atoms with Crippen molar-refractivity contribution in [3.63, 3.8) is 0 Å². The van der Waals surface area contributed by atoms with Gasteiger partial charge in [-0.3, -0.25) is 4.90 Å². The van der Waals surface area contributed by atoms with Gasteiger partial charge in [0.25, 0.3) is 0 Å². The molecule has 1 fully saturated rings. The first-order valence-corrected chi connectivity index (χ1v) is 8.00. The number of nitrogens with zero attached hydrogens (tertiary/aromatic N) is 1. The summed E-state index contributed by atoms with van der Waals surface area (Å²) in [6, 6.07) is 4.46. The van der Waals surface area contributed by atoms with Crippen molar-refractivity contribution in [2.45, 2.75) is 31.8 Å². The summed E-state index contributed by atoms with van der Waals surface area (Å²) in [5, 5.41) is 9.40. The SMILES string of the molecule is OC[C@@H]1CCCN1Cc1cc(Br)c2c(c1)OCCCO2. The van der Waals surface area contributed by atoms with E-state index in [-0.39, 0.29) is 6.61 Å². The van der Waals surface area contributed by atoms with Crippen LogP contribution in [0.1, 0.15) is 24.8 Å². The molecule has 0 spiro atoms. The van der Waals surface area contributed by atoms with Gasteiger partial charge in [0.15, 0.2) is 11.5 Å². The van der Waals surface area contributed by atoms with Crippen LogP contribution < -0.4 is 9.47 Å². The molecule has 5 heteroatoms. The van der Waals surface area contributed by atoms with Crippen molar-refractivity contribution in [3.8, 4) is 11.5 Å². The van der Waals surface area contributed by atoms with Crippen molar-refractivity contribution < 1.29 is 14.6 Å². The van der Waals surface area contributed by atoms with Crippen molar-refractivity contribution in [3.05, 3.63) is 22.2 Å². The maximum atomic E-state index is 9.40. The molecule has 2 aliphatic rings. The van der Waals surface area contributed by atoms with Crippen LogP contribution in [0.5, 0.6) is 11.5 Å². The van der Waals surface area contributed by atoms with Crippen molar-refractivity contribution >= 4 is 15.9 Å². The Balaban J connectivity index is 1.80. The van der Waals surface area contributed by atoms with Gasteiger partial charge in [0.05, 0.1) is 24.3 Å². The number of ether oxygens (including phenoxy) is 2. The number of aliphatic hydroxyl groups is 1. The highest BCUT2D eigenvalue weighted by molar-refractivity contribution is 9.10. The predicted octanol–water partition coefficient (Wildman–Crippen LogP) is 2.57. The van der Waals surface area contributed by atoms with Crippen LogP contribution in [0.15, 0.2) is 16.6 Å². The van der Waals surface area contributed by atoms with Crippen molar-refractivity contribution in [1.82, 2.24) is 4.90 Å². The molecule has 1 aromatic carbocycles. The Morgan fingerprint density at radius 1 is 1.25 bits per heavy atom. The topological polar surface area (TPSA) is 41.9 Å². The Bertz CT molecular complexity index is 480. The van der Waals surface area contributed by atoms with E-state index in [1.807, 2.05) is 0 Å². The van der Waals surface area contributed by atoms with E-state index in [1.54, 1.807) is 0 Å². The Kier molecular flexibility index (Phi) is 4.48. The first-order valence-electron chi connectivity index (χ1n) is 7.21. The molecule has 1 saturated heterocycles. The molecule has 0 saturated carbocycles. The highest BCUT2D eigenvalue weighted by Crippen LogP contribution is 2.38. The zero-order valence-electron chi connectivity index (χ0n) is 11.5. The lowest BCUT2D eigenvalue weighted by Crippen LogP contribution is -2.31. The van der Waals surface area contributed by atoms with Gasteiger partial charge in [-0.15, -0.1) is 0 Å². The third-order valence-corrected chi connectivity index (χ3v) is 4.55. The van der Waals surface area contributed by atoms with Gasteiger partial charge in [-0.2, -0.15) is 0 Å². The molecule has 0 aromatic heterocycles. The molecule has 1 N–H and O–H groups in total. The molecule has 1 atom stereocenters. The largest absolute Gasteiger partial charge is 0.490 e. The summed E-state index contributed by atoms with van der Waals surface area (Å²) in [7, 11) is 0. The van der Waals surface area contributed by atoms with Crippen molar-refractivity contribution in [2.75, 3.05) is 26.4 Å². The number of fused-ring (bicyclic) bond motifs is 1. The number of halogens is 1. The first-order chi connectivity index (χ1) is 9.78. The fraction of sp³-hybridized carbons (Fsp3) is 0.600. The zero-order chi connectivity index (χ0) is 13.9. The van der Waals surface area contributed by atoms with Crippen LogP contribution in [0.3, 0.4) is 0 Å². The van der Waals surface area contributed by atoms with Gasteiger partial charge in [-0.25, -0.2) is 0 Å². The summed E-state index contributed by atoms with van der Waals surface area (Å²) in [5.41, 5.74) is 1.20. The fourth-order valence-corrected chi connectivity index (χ4v) is 3.52. The molecular formula is C15H20BrNO3.